The lowest BCUT2D eigenvalue weighted by molar-refractivity contribution is -0.138. The van der Waals surface area contributed by atoms with E-state index < -0.39 is 73.7 Å². The molecule has 3 rings (SSSR count). The first-order chi connectivity index (χ1) is 27.9. The molecule has 6 unspecified atom stereocenters. The number of nitrogens with two attached hydrogens (primary N) is 1. The van der Waals surface area contributed by atoms with Crippen molar-refractivity contribution in [2.75, 3.05) is 6.54 Å². The Labute approximate surface area is 346 Å². The fraction of sp³-hybridized carbons (Fsp3) is 0.625. The van der Waals surface area contributed by atoms with Crippen LogP contribution in [0.2, 0.25) is 0 Å². The molecule has 19 heteroatoms. The highest BCUT2D eigenvalue weighted by Crippen LogP contribution is 2.38. The van der Waals surface area contributed by atoms with Crippen molar-refractivity contribution in [1.82, 2.24) is 35.7 Å². The maximum absolute atomic E-state index is 14.0. The van der Waals surface area contributed by atoms with E-state index in [1.807, 2.05) is 24.5 Å². The van der Waals surface area contributed by atoms with Crippen LogP contribution in [0.1, 0.15) is 104 Å². The molecule has 1 aliphatic rings. The number of carbonyl (C=O) groups is 6. The molecule has 6 atom stereocenters. The molecule has 1 aromatic heterocycles. The summed E-state index contributed by atoms with van der Waals surface area (Å²) < 4.78 is 17.8. The van der Waals surface area contributed by atoms with Gasteiger partial charge in [-0.15, -0.1) is 0 Å². The highest BCUT2D eigenvalue weighted by Gasteiger charge is 2.37. The van der Waals surface area contributed by atoms with E-state index in [1.165, 1.54) is 24.3 Å². The van der Waals surface area contributed by atoms with Gasteiger partial charge in [-0.1, -0.05) is 69.9 Å². The molecule has 1 fully saturated rings. The van der Waals surface area contributed by atoms with E-state index in [0.717, 1.165) is 51.9 Å². The molecule has 2 heterocycles. The van der Waals surface area contributed by atoms with Crippen molar-refractivity contribution in [2.24, 2.45) is 11.7 Å². The fourth-order valence-corrected chi connectivity index (χ4v) is 7.67. The zero-order valence-corrected chi connectivity index (χ0v) is 35.7. The number of hydrogen-bond donors (Lipinski definition) is 7. The average molecular weight is 847 g/mol. The number of benzene rings is 1. The number of imidazole rings is 1. The zero-order valence-electron chi connectivity index (χ0n) is 34.8. The van der Waals surface area contributed by atoms with Crippen LogP contribution in [0.4, 0.5) is 0 Å². The zero-order chi connectivity index (χ0) is 43.7. The number of phosphoric acid groups is 1. The summed E-state index contributed by atoms with van der Waals surface area (Å²) in [5.41, 5.74) is 7.34. The van der Waals surface area contributed by atoms with E-state index in [2.05, 4.69) is 55.0 Å². The number of likely N-dealkylation sites (tertiary alicyclic amines) is 1. The van der Waals surface area contributed by atoms with Crippen LogP contribution in [0.15, 0.2) is 42.9 Å². The molecule has 6 amide bonds. The van der Waals surface area contributed by atoms with Crippen molar-refractivity contribution in [2.45, 2.75) is 148 Å². The lowest BCUT2D eigenvalue weighted by Gasteiger charge is -2.28. The third-order valence-electron chi connectivity index (χ3n) is 10.2. The molecule has 1 aromatic carbocycles. The Hall–Kier alpha value is -4.64. The number of phosphoric ester groups is 1. The molecule has 0 radical (unpaired) electrons. The van der Waals surface area contributed by atoms with Crippen molar-refractivity contribution >= 4 is 43.3 Å². The lowest BCUT2D eigenvalue weighted by atomic mass is 10.0. The first kappa shape index (κ1) is 48.7. The van der Waals surface area contributed by atoms with Crippen LogP contribution in [-0.4, -0.2) is 103 Å². The number of nitrogens with zero attached hydrogens (tertiary/aromatic N) is 3. The van der Waals surface area contributed by atoms with E-state index in [4.69, 9.17) is 5.73 Å². The summed E-state index contributed by atoms with van der Waals surface area (Å²) in [5.74, 6) is -4.24. The predicted octanol–water partition coefficient (Wildman–Crippen LogP) is 2.01. The highest BCUT2D eigenvalue weighted by atomic mass is 31.2. The van der Waals surface area contributed by atoms with Gasteiger partial charge in [0.25, 0.3) is 0 Å². The van der Waals surface area contributed by atoms with E-state index >= 15 is 0 Å². The largest absolute Gasteiger partial charge is 0.469 e. The maximum atomic E-state index is 14.0. The number of primary amides is 1. The monoisotopic (exact) mass is 846 g/mol. The van der Waals surface area contributed by atoms with E-state index in [9.17, 15) is 43.1 Å². The van der Waals surface area contributed by atoms with Gasteiger partial charge >= 0.3 is 7.82 Å². The van der Waals surface area contributed by atoms with Crippen LogP contribution in [0.5, 0.6) is 0 Å². The number of unbranched alkanes of at least 4 members (excludes halogenated alkanes) is 5. The van der Waals surface area contributed by atoms with Gasteiger partial charge in [0, 0.05) is 38.3 Å². The number of aryl methyl sites for hydroxylation is 2. The molecule has 0 bridgehead atoms. The summed E-state index contributed by atoms with van der Waals surface area (Å²) in [7, 11) is -5.05. The molecule has 1 saturated heterocycles. The average Bonchev–Trinajstić information content (AvgIpc) is 3.84. The summed E-state index contributed by atoms with van der Waals surface area (Å²) in [6.07, 6.45) is 10.3. The summed E-state index contributed by atoms with van der Waals surface area (Å²) in [4.78, 5) is 103. The normalized spacial score (nSPS) is 16.7. The van der Waals surface area contributed by atoms with Gasteiger partial charge in [-0.3, -0.25) is 33.3 Å². The maximum Gasteiger partial charge on any atom is 0.469 e. The first-order valence-electron chi connectivity index (χ1n) is 20.4. The number of rotatable bonds is 25. The first-order valence-corrected chi connectivity index (χ1v) is 21.9. The lowest BCUT2D eigenvalue weighted by Crippen LogP contribution is -2.59. The van der Waals surface area contributed by atoms with Crippen LogP contribution in [0.25, 0.3) is 0 Å². The van der Waals surface area contributed by atoms with Gasteiger partial charge in [0.15, 0.2) is 0 Å². The second-order valence-corrected chi connectivity index (χ2v) is 16.9. The van der Waals surface area contributed by atoms with Gasteiger partial charge in [-0.25, -0.2) is 9.55 Å². The van der Waals surface area contributed by atoms with Gasteiger partial charge in [0.2, 0.25) is 35.4 Å². The number of nitrogens with one attached hydrogen (secondary N) is 4. The minimum Gasteiger partial charge on any atom is -0.368 e. The van der Waals surface area contributed by atoms with E-state index in [1.54, 1.807) is 12.5 Å². The van der Waals surface area contributed by atoms with Gasteiger partial charge in [-0.05, 0) is 63.9 Å². The molecule has 59 heavy (non-hydrogen) atoms. The summed E-state index contributed by atoms with van der Waals surface area (Å²) in [6, 6.07) is 4.36. The van der Waals surface area contributed by atoms with Gasteiger partial charge in [-0.2, -0.15) is 0 Å². The predicted molar refractivity (Wildman–Crippen MR) is 219 cm³/mol. The van der Waals surface area contributed by atoms with Crippen molar-refractivity contribution < 1.29 is 47.6 Å². The summed E-state index contributed by atoms with van der Waals surface area (Å²) in [5, 5.41) is 10.4. The second kappa shape index (κ2) is 23.8. The summed E-state index contributed by atoms with van der Waals surface area (Å²) in [6.45, 7) is 8.64. The molecule has 1 aliphatic heterocycles. The Morgan fingerprint density at radius 1 is 0.881 bits per heavy atom. The van der Waals surface area contributed by atoms with Crippen LogP contribution in [0.3, 0.4) is 0 Å². The minimum absolute atomic E-state index is 0.0362. The van der Waals surface area contributed by atoms with E-state index in [-0.39, 0.29) is 24.7 Å². The number of aromatic nitrogens is 2. The quantitative estimate of drug-likeness (QED) is 0.0562. The molecule has 2 aromatic rings. The SMILES string of the molecule is CC(=O)N1CCCC1C(=O)NC(CC(C)C)C(=O)NC(Cc1cncn1CCCCCCCCc1ccccc1)C(=O)NC(C)C(=O)NC(C(N)=O)C(C)OP(=O)(O)O. The standard InChI is InChI=1S/C40H63N8O10P/c1-26(2)22-32(45-40(54)34-19-15-21-48(34)29(5)49)39(53)44-33(38(52)43-27(3)37(51)46-35(36(41)50)28(4)58-59(55,56)57)23-31-24-42-25-47(31)20-14-9-7-6-8-11-16-30-17-12-10-13-18-30/h10,12-13,17-18,24-28,32-35H,6-9,11,14-16,19-23H2,1-5H3,(H2,41,50)(H,43,52)(H,44,53)(H,45,54)(H,46,51)(H2,55,56,57). The Morgan fingerprint density at radius 2 is 1.53 bits per heavy atom. The van der Waals surface area contributed by atoms with Gasteiger partial charge in [0.1, 0.15) is 30.2 Å². The van der Waals surface area contributed by atoms with Crippen molar-refractivity contribution in [3.63, 3.8) is 0 Å². The number of hydrogen-bond acceptors (Lipinski definition) is 9. The van der Waals surface area contributed by atoms with Crippen LogP contribution >= 0.6 is 7.82 Å². The molecule has 0 spiro atoms. The van der Waals surface area contributed by atoms with Gasteiger partial charge in [0.05, 0.1) is 12.4 Å². The van der Waals surface area contributed by atoms with E-state index in [0.29, 0.717) is 31.6 Å². The molecule has 0 saturated carbocycles. The van der Waals surface area contributed by atoms with Gasteiger partial charge < -0.3 is 46.3 Å². The summed E-state index contributed by atoms with van der Waals surface area (Å²) >= 11 is 0. The Morgan fingerprint density at radius 3 is 2.15 bits per heavy atom. The smallest absolute Gasteiger partial charge is 0.368 e. The number of amides is 6. The van der Waals surface area contributed by atoms with Crippen LogP contribution in [0, 0.1) is 5.92 Å². The third kappa shape index (κ3) is 16.9. The molecule has 8 N–H and O–H groups in total. The molecular weight excluding hydrogens is 783 g/mol. The fourth-order valence-electron chi connectivity index (χ4n) is 7.12. The third-order valence-corrected chi connectivity index (χ3v) is 10.8. The van der Waals surface area contributed by atoms with Crippen molar-refractivity contribution in [1.29, 1.82) is 0 Å². The Bertz CT molecular complexity index is 1750. The molecule has 18 nitrogen and oxygen atoms in total. The highest BCUT2D eigenvalue weighted by molar-refractivity contribution is 7.46. The van der Waals surface area contributed by atoms with Crippen LogP contribution < -0.4 is 27.0 Å². The molecule has 328 valence electrons. The van der Waals surface area contributed by atoms with Crippen LogP contribution in [-0.2, 0) is 57.2 Å². The van der Waals surface area contributed by atoms with Crippen molar-refractivity contribution in [3.05, 3.63) is 54.1 Å². The number of carbonyl (C=O) groups excluding carboxylic acids is 6. The second-order valence-electron chi connectivity index (χ2n) is 15.7. The molecule has 0 aliphatic carbocycles. The minimum atomic E-state index is -5.05. The Kier molecular flexibility index (Phi) is 19.7. The van der Waals surface area contributed by atoms with Crippen molar-refractivity contribution in [3.8, 4) is 0 Å². The molecular formula is C40H63N8O10P. The Balaban J connectivity index is 1.73. The topological polar surface area (TPSA) is 264 Å².